The molecule has 0 saturated carbocycles. The van der Waals surface area contributed by atoms with Gasteiger partial charge in [0.1, 0.15) is 17.1 Å². The van der Waals surface area contributed by atoms with Crippen molar-refractivity contribution in [3.8, 4) is 16.5 Å². The van der Waals surface area contributed by atoms with Crippen LogP contribution < -0.4 is 15.0 Å². The molecule has 1 aliphatic rings. The molecule has 1 saturated heterocycles. The van der Waals surface area contributed by atoms with Gasteiger partial charge in [-0.25, -0.2) is 9.78 Å². The number of carbonyl (C=O) groups is 2. The number of carboxylic acid groups (broad SMARTS) is 1. The average molecular weight is 555 g/mol. The zero-order valence-electron chi connectivity index (χ0n) is 19.9. The van der Waals surface area contributed by atoms with E-state index in [1.807, 2.05) is 11.8 Å². The summed E-state index contributed by atoms with van der Waals surface area (Å²) in [6, 6.07) is -0.295. The number of nitrogens with one attached hydrogen (secondary N) is 2. The molecule has 0 radical (unpaired) electrons. The highest BCUT2D eigenvalue weighted by molar-refractivity contribution is 7.18. The van der Waals surface area contributed by atoms with Gasteiger partial charge in [-0.3, -0.25) is 14.8 Å². The van der Waals surface area contributed by atoms with E-state index in [9.17, 15) is 14.7 Å². The molecule has 3 aromatic heterocycles. The van der Waals surface area contributed by atoms with Crippen molar-refractivity contribution >= 4 is 51.7 Å². The van der Waals surface area contributed by atoms with Gasteiger partial charge in [0, 0.05) is 32.1 Å². The van der Waals surface area contributed by atoms with Crippen LogP contribution in [0.1, 0.15) is 34.0 Å². The van der Waals surface area contributed by atoms with Gasteiger partial charge in [0.2, 0.25) is 5.06 Å². The van der Waals surface area contributed by atoms with Gasteiger partial charge in [0.05, 0.1) is 33.6 Å². The molecule has 0 bridgehead atoms. The Morgan fingerprint density at radius 3 is 2.58 bits per heavy atom. The topological polar surface area (TPSA) is 143 Å². The number of piperidine rings is 1. The van der Waals surface area contributed by atoms with Crippen molar-refractivity contribution in [1.82, 2.24) is 25.3 Å². The van der Waals surface area contributed by atoms with E-state index in [1.165, 1.54) is 0 Å². The monoisotopic (exact) mass is 554 g/mol. The zero-order chi connectivity index (χ0) is 26.1. The highest BCUT2D eigenvalue weighted by atomic mass is 35.5. The second-order valence-electron chi connectivity index (χ2n) is 8.29. The van der Waals surface area contributed by atoms with Crippen LogP contribution in [0.3, 0.4) is 0 Å². The van der Waals surface area contributed by atoms with Gasteiger partial charge in [-0.15, -0.1) is 0 Å². The van der Waals surface area contributed by atoms with Crippen molar-refractivity contribution in [3.63, 3.8) is 0 Å². The Bertz CT molecular complexity index is 1310. The van der Waals surface area contributed by atoms with Gasteiger partial charge in [0.15, 0.2) is 5.13 Å². The number of nitrogens with zero attached hydrogens (tertiary/aromatic N) is 4. The van der Waals surface area contributed by atoms with E-state index in [4.69, 9.17) is 32.7 Å². The summed E-state index contributed by atoms with van der Waals surface area (Å²) in [4.78, 5) is 42.4. The molecule has 3 N–H and O–H groups in total. The second kappa shape index (κ2) is 10.6. The van der Waals surface area contributed by atoms with Crippen molar-refractivity contribution in [1.29, 1.82) is 0 Å². The number of amides is 1. The number of rotatable bonds is 6. The molecule has 4 heterocycles. The normalized spacial score (nSPS) is 17.8. The summed E-state index contributed by atoms with van der Waals surface area (Å²) in [6.07, 6.45) is 0.318. The van der Waals surface area contributed by atoms with Crippen LogP contribution in [-0.2, 0) is 4.74 Å². The SMILES string of the molecule is CO[C@H]1CN(c2nc(-c3ncc(C)nc3C)c(OC(=O)O)s2)CC[C@H]1NC(=O)c1[nH]c(C)c(Cl)c1Cl. The van der Waals surface area contributed by atoms with E-state index >= 15 is 0 Å². The number of H-pyrrole nitrogens is 1. The second-order valence-corrected chi connectivity index (χ2v) is 9.98. The number of hydrogen-bond acceptors (Lipinski definition) is 9. The summed E-state index contributed by atoms with van der Waals surface area (Å²) in [7, 11) is 1.56. The first kappa shape index (κ1) is 26.1. The van der Waals surface area contributed by atoms with Crippen molar-refractivity contribution in [2.24, 2.45) is 0 Å². The van der Waals surface area contributed by atoms with Gasteiger partial charge in [0.25, 0.3) is 5.91 Å². The number of methoxy groups -OCH3 is 1. The predicted octanol–water partition coefficient (Wildman–Crippen LogP) is 4.24. The Labute approximate surface area is 220 Å². The van der Waals surface area contributed by atoms with E-state index in [-0.39, 0.29) is 33.8 Å². The highest BCUT2D eigenvalue weighted by Crippen LogP contribution is 2.40. The average Bonchev–Trinajstić information content (AvgIpc) is 3.35. The van der Waals surface area contributed by atoms with Gasteiger partial charge in [-0.1, -0.05) is 34.5 Å². The Hall–Kier alpha value is -2.93. The maximum absolute atomic E-state index is 12.8. The summed E-state index contributed by atoms with van der Waals surface area (Å²) < 4.78 is 10.7. The number of aryl methyl sites for hydroxylation is 3. The lowest BCUT2D eigenvalue weighted by atomic mass is 10.0. The first-order valence-electron chi connectivity index (χ1n) is 10.9. The highest BCUT2D eigenvalue weighted by Gasteiger charge is 2.34. The Morgan fingerprint density at radius 2 is 1.97 bits per heavy atom. The molecule has 4 rings (SSSR count). The summed E-state index contributed by atoms with van der Waals surface area (Å²) in [5.41, 5.74) is 2.90. The quantitative estimate of drug-likeness (QED) is 0.381. The first-order valence-corrected chi connectivity index (χ1v) is 12.5. The number of carbonyl (C=O) groups excluding carboxylic acids is 1. The molecule has 0 aliphatic carbocycles. The van der Waals surface area contributed by atoms with Crippen LogP contribution in [0.4, 0.5) is 9.93 Å². The number of aromatic nitrogens is 4. The van der Waals surface area contributed by atoms with Crippen LogP contribution in [0, 0.1) is 20.8 Å². The summed E-state index contributed by atoms with van der Waals surface area (Å²) in [5.74, 6) is -0.377. The minimum absolute atomic E-state index is 0.108. The van der Waals surface area contributed by atoms with Crippen LogP contribution >= 0.6 is 34.5 Å². The number of thiazole rings is 1. The van der Waals surface area contributed by atoms with Crippen LogP contribution in [-0.4, -0.2) is 69.5 Å². The van der Waals surface area contributed by atoms with E-state index in [0.717, 1.165) is 17.0 Å². The standard InChI is InChI=1S/C22H24Cl2N6O5S/c1-9-7-25-16(11(3)26-9)18-20(35-22(32)33)36-21(29-18)30-6-5-12(13(8-30)34-4)28-19(31)17-15(24)14(23)10(2)27-17/h7,12-13,27H,5-6,8H2,1-4H3,(H,28,31)(H,32,33)/t12-,13+/m1/s1. The molecule has 36 heavy (non-hydrogen) atoms. The van der Waals surface area contributed by atoms with Gasteiger partial charge in [-0.05, 0) is 27.2 Å². The van der Waals surface area contributed by atoms with Crippen LogP contribution in [0.5, 0.6) is 5.06 Å². The van der Waals surface area contributed by atoms with Crippen molar-refractivity contribution in [3.05, 3.63) is 39.0 Å². The molecule has 0 spiro atoms. The lowest BCUT2D eigenvalue weighted by molar-refractivity contribution is 0.0540. The lowest BCUT2D eigenvalue weighted by Crippen LogP contribution is -2.55. The molecular weight excluding hydrogens is 531 g/mol. The molecule has 14 heteroatoms. The van der Waals surface area contributed by atoms with Crippen molar-refractivity contribution in [2.75, 3.05) is 25.1 Å². The molecule has 1 aliphatic heterocycles. The molecule has 192 valence electrons. The van der Waals surface area contributed by atoms with E-state index in [1.54, 1.807) is 27.2 Å². The third-order valence-corrected chi connectivity index (χ3v) is 7.73. The third kappa shape index (κ3) is 5.26. The molecule has 2 atom stereocenters. The first-order chi connectivity index (χ1) is 17.1. The minimum Gasteiger partial charge on any atom is -0.449 e. The fraction of sp³-hybridized carbons (Fsp3) is 0.409. The van der Waals surface area contributed by atoms with Crippen LogP contribution in [0.15, 0.2) is 6.20 Å². The number of halogens is 2. The molecule has 3 aromatic rings. The summed E-state index contributed by atoms with van der Waals surface area (Å²) in [5, 5.41) is 13.3. The zero-order valence-corrected chi connectivity index (χ0v) is 22.2. The fourth-order valence-corrected chi connectivity index (χ4v) is 5.39. The minimum atomic E-state index is -1.45. The third-order valence-electron chi connectivity index (χ3n) is 5.79. The van der Waals surface area contributed by atoms with E-state index < -0.39 is 6.16 Å². The molecule has 1 fully saturated rings. The van der Waals surface area contributed by atoms with Crippen molar-refractivity contribution < 1.29 is 24.2 Å². The summed E-state index contributed by atoms with van der Waals surface area (Å²) in [6.45, 7) is 6.26. The molecule has 1 amide bonds. The van der Waals surface area contributed by atoms with Gasteiger partial charge < -0.3 is 29.8 Å². The fourth-order valence-electron chi connectivity index (χ4n) is 4.02. The maximum atomic E-state index is 12.8. The maximum Gasteiger partial charge on any atom is 0.512 e. The summed E-state index contributed by atoms with van der Waals surface area (Å²) >= 11 is 13.4. The Morgan fingerprint density at radius 1 is 1.22 bits per heavy atom. The van der Waals surface area contributed by atoms with Gasteiger partial charge >= 0.3 is 6.16 Å². The molecule has 0 unspecified atom stereocenters. The molecule has 0 aromatic carbocycles. The number of ether oxygens (including phenoxy) is 2. The lowest BCUT2D eigenvalue weighted by Gasteiger charge is -2.37. The van der Waals surface area contributed by atoms with E-state index in [0.29, 0.717) is 52.4 Å². The van der Waals surface area contributed by atoms with Gasteiger partial charge in [-0.2, -0.15) is 0 Å². The van der Waals surface area contributed by atoms with Crippen LogP contribution in [0.25, 0.3) is 11.4 Å². The predicted molar refractivity (Wildman–Crippen MR) is 136 cm³/mol. The number of aromatic amines is 1. The number of hydrogen-bond donors (Lipinski definition) is 3. The van der Waals surface area contributed by atoms with Crippen molar-refractivity contribution in [2.45, 2.75) is 39.3 Å². The van der Waals surface area contributed by atoms with Crippen LogP contribution in [0.2, 0.25) is 10.0 Å². The molecule has 11 nitrogen and oxygen atoms in total. The van der Waals surface area contributed by atoms with E-state index in [2.05, 4.69) is 25.3 Å². The smallest absolute Gasteiger partial charge is 0.449 e. The number of anilines is 1. The Balaban J connectivity index is 1.55. The molecular formula is C22H24Cl2N6O5S. The largest absolute Gasteiger partial charge is 0.512 e. The Kier molecular flexibility index (Phi) is 7.69.